The number of hydroxylamine groups is 1. The van der Waals surface area contributed by atoms with E-state index >= 15 is 0 Å². The van der Waals surface area contributed by atoms with Crippen molar-refractivity contribution in [3.63, 3.8) is 0 Å². The minimum absolute atomic E-state index is 0.00131. The minimum Gasteiger partial charge on any atom is -0.462 e. The van der Waals surface area contributed by atoms with Crippen LogP contribution >= 0.6 is 0 Å². The molecule has 0 aliphatic carbocycles. The maximum atomic E-state index is 12.4. The van der Waals surface area contributed by atoms with Gasteiger partial charge in [-0.25, -0.2) is 10.3 Å². The minimum atomic E-state index is -0.637. The van der Waals surface area contributed by atoms with Gasteiger partial charge in [-0.2, -0.15) is 0 Å². The lowest BCUT2D eigenvalue weighted by Gasteiger charge is -2.24. The summed E-state index contributed by atoms with van der Waals surface area (Å²) >= 11 is 0. The van der Waals surface area contributed by atoms with Crippen molar-refractivity contribution in [1.82, 2.24) is 5.48 Å². The van der Waals surface area contributed by atoms with Crippen molar-refractivity contribution in [2.24, 2.45) is 5.92 Å². The van der Waals surface area contributed by atoms with Gasteiger partial charge in [0.05, 0.1) is 18.1 Å². The van der Waals surface area contributed by atoms with Crippen molar-refractivity contribution in [1.29, 1.82) is 0 Å². The molecule has 26 heavy (non-hydrogen) atoms. The van der Waals surface area contributed by atoms with Gasteiger partial charge in [0, 0.05) is 6.42 Å². The molecule has 1 rings (SSSR count). The zero-order chi connectivity index (χ0) is 19.7. The Morgan fingerprint density at radius 1 is 1.15 bits per heavy atom. The zero-order valence-corrected chi connectivity index (χ0v) is 15.7. The van der Waals surface area contributed by atoms with Gasteiger partial charge in [-0.15, -0.1) is 0 Å². The van der Waals surface area contributed by atoms with E-state index in [2.05, 4.69) is 0 Å². The first kappa shape index (κ1) is 21.6. The van der Waals surface area contributed by atoms with Crippen LogP contribution in [0.2, 0.25) is 0 Å². The van der Waals surface area contributed by atoms with Crippen molar-refractivity contribution in [3.05, 3.63) is 35.4 Å². The van der Waals surface area contributed by atoms with Crippen LogP contribution in [0.1, 0.15) is 56.5 Å². The molecule has 7 nitrogen and oxygen atoms in total. The average molecular weight is 365 g/mol. The summed E-state index contributed by atoms with van der Waals surface area (Å²) < 4.78 is 10.4. The van der Waals surface area contributed by atoms with Crippen LogP contribution in [0.4, 0.5) is 0 Å². The molecule has 0 spiro atoms. The number of carbonyl (C=O) groups is 3. The first-order valence-electron chi connectivity index (χ1n) is 8.58. The van der Waals surface area contributed by atoms with E-state index in [0.717, 1.165) is 5.56 Å². The van der Waals surface area contributed by atoms with Gasteiger partial charge in [0.1, 0.15) is 5.60 Å². The summed E-state index contributed by atoms with van der Waals surface area (Å²) in [6.07, 6.45) is 0.596. The molecule has 1 aromatic carbocycles. The molecule has 0 saturated carbocycles. The number of nitrogens with one attached hydrogen (secondary N) is 1. The Morgan fingerprint density at radius 3 is 2.27 bits per heavy atom. The van der Waals surface area contributed by atoms with Crippen LogP contribution < -0.4 is 5.48 Å². The Hall–Kier alpha value is -2.41. The molecular formula is C19H27NO6. The van der Waals surface area contributed by atoms with E-state index in [4.69, 9.17) is 14.7 Å². The van der Waals surface area contributed by atoms with Crippen LogP contribution in [0.5, 0.6) is 0 Å². The molecule has 0 bridgehead atoms. The maximum Gasteiger partial charge on any atom is 0.338 e. The van der Waals surface area contributed by atoms with Gasteiger partial charge in [0.15, 0.2) is 0 Å². The highest BCUT2D eigenvalue weighted by atomic mass is 16.6. The van der Waals surface area contributed by atoms with Crippen molar-refractivity contribution in [3.8, 4) is 0 Å². The van der Waals surface area contributed by atoms with Gasteiger partial charge in [-0.1, -0.05) is 12.1 Å². The second-order valence-corrected chi connectivity index (χ2v) is 6.93. The molecule has 1 unspecified atom stereocenters. The van der Waals surface area contributed by atoms with E-state index in [1.54, 1.807) is 57.4 Å². The molecule has 0 aromatic heterocycles. The topological polar surface area (TPSA) is 102 Å². The van der Waals surface area contributed by atoms with Crippen LogP contribution in [0, 0.1) is 5.92 Å². The highest BCUT2D eigenvalue weighted by Crippen LogP contribution is 2.20. The molecule has 0 radical (unpaired) electrons. The van der Waals surface area contributed by atoms with Gasteiger partial charge in [-0.05, 0) is 58.2 Å². The van der Waals surface area contributed by atoms with E-state index in [1.807, 2.05) is 0 Å². The number of rotatable bonds is 8. The van der Waals surface area contributed by atoms with Crippen LogP contribution in [0.3, 0.4) is 0 Å². The number of hydrogen-bond donors (Lipinski definition) is 2. The normalized spacial score (nSPS) is 12.2. The molecule has 0 saturated heterocycles. The molecular weight excluding hydrogens is 338 g/mol. The number of esters is 2. The fourth-order valence-corrected chi connectivity index (χ4v) is 2.33. The fraction of sp³-hybridized carbons (Fsp3) is 0.526. The van der Waals surface area contributed by atoms with E-state index < -0.39 is 29.4 Å². The van der Waals surface area contributed by atoms with Crippen LogP contribution in [0.15, 0.2) is 24.3 Å². The Morgan fingerprint density at radius 2 is 1.77 bits per heavy atom. The monoisotopic (exact) mass is 365 g/mol. The molecule has 2 N–H and O–H groups in total. The van der Waals surface area contributed by atoms with Gasteiger partial charge in [0.2, 0.25) is 5.91 Å². The van der Waals surface area contributed by atoms with Gasteiger partial charge >= 0.3 is 11.9 Å². The molecule has 1 aromatic rings. The maximum absolute atomic E-state index is 12.4. The van der Waals surface area contributed by atoms with Gasteiger partial charge in [-0.3, -0.25) is 14.8 Å². The third kappa shape index (κ3) is 7.65. The molecule has 0 fully saturated rings. The Kier molecular flexibility index (Phi) is 8.25. The third-order valence-corrected chi connectivity index (χ3v) is 3.53. The van der Waals surface area contributed by atoms with E-state index in [9.17, 15) is 14.4 Å². The lowest BCUT2D eigenvalue weighted by Crippen LogP contribution is -2.31. The van der Waals surface area contributed by atoms with E-state index in [0.29, 0.717) is 18.6 Å². The summed E-state index contributed by atoms with van der Waals surface area (Å²) in [5, 5.41) is 8.63. The van der Waals surface area contributed by atoms with Crippen molar-refractivity contribution < 1.29 is 29.1 Å². The number of carbonyl (C=O) groups excluding carboxylic acids is 3. The lowest BCUT2D eigenvalue weighted by atomic mass is 9.94. The van der Waals surface area contributed by atoms with Crippen LogP contribution in [-0.2, 0) is 25.5 Å². The van der Waals surface area contributed by atoms with Gasteiger partial charge < -0.3 is 9.47 Å². The fourth-order valence-electron chi connectivity index (χ4n) is 2.33. The molecule has 0 aliphatic rings. The number of benzene rings is 1. The SMILES string of the molecule is CCOC(=O)c1ccc(CC(CCC(=O)NO)C(=O)OC(C)(C)C)cc1. The highest BCUT2D eigenvalue weighted by Gasteiger charge is 2.26. The predicted octanol–water partition coefficient (Wildman–Crippen LogP) is 2.65. The molecule has 7 heteroatoms. The summed E-state index contributed by atoms with van der Waals surface area (Å²) in [4.78, 5) is 35.4. The van der Waals surface area contributed by atoms with E-state index in [-0.39, 0.29) is 12.8 Å². The summed E-state index contributed by atoms with van der Waals surface area (Å²) in [5.41, 5.74) is 2.19. The number of hydrogen-bond acceptors (Lipinski definition) is 6. The highest BCUT2D eigenvalue weighted by molar-refractivity contribution is 5.89. The summed E-state index contributed by atoms with van der Waals surface area (Å²) in [6.45, 7) is 7.36. The van der Waals surface area contributed by atoms with Crippen molar-refractivity contribution in [2.45, 2.75) is 52.6 Å². The Balaban J connectivity index is 2.84. The quantitative estimate of drug-likeness (QED) is 0.417. The smallest absolute Gasteiger partial charge is 0.338 e. The summed E-state index contributed by atoms with van der Waals surface area (Å²) in [7, 11) is 0. The first-order chi connectivity index (χ1) is 12.2. The Bertz CT molecular complexity index is 618. The zero-order valence-electron chi connectivity index (χ0n) is 15.7. The molecule has 144 valence electrons. The number of amides is 1. The molecule has 0 aliphatic heterocycles. The average Bonchev–Trinajstić information content (AvgIpc) is 2.57. The first-order valence-corrected chi connectivity index (χ1v) is 8.58. The second kappa shape index (κ2) is 9.91. The van der Waals surface area contributed by atoms with Gasteiger partial charge in [0.25, 0.3) is 0 Å². The summed E-state index contributed by atoms with van der Waals surface area (Å²) in [5.74, 6) is -1.91. The third-order valence-electron chi connectivity index (χ3n) is 3.53. The molecule has 1 amide bonds. The van der Waals surface area contributed by atoms with Crippen LogP contribution in [0.25, 0.3) is 0 Å². The molecule has 1 atom stereocenters. The van der Waals surface area contributed by atoms with Crippen molar-refractivity contribution in [2.75, 3.05) is 6.61 Å². The second-order valence-electron chi connectivity index (χ2n) is 6.93. The van der Waals surface area contributed by atoms with E-state index in [1.165, 1.54) is 0 Å². The summed E-state index contributed by atoms with van der Waals surface area (Å²) in [6, 6.07) is 6.77. The van der Waals surface area contributed by atoms with Crippen LogP contribution in [-0.4, -0.2) is 35.3 Å². The van der Waals surface area contributed by atoms with Crippen molar-refractivity contribution >= 4 is 17.8 Å². The standard InChI is InChI=1S/C19H27NO6/c1-5-25-17(22)14-8-6-13(7-9-14)12-15(10-11-16(21)20-24)18(23)26-19(2,3)4/h6-9,15,24H,5,10-12H2,1-4H3,(H,20,21). The predicted molar refractivity (Wildman–Crippen MR) is 94.6 cm³/mol. The largest absolute Gasteiger partial charge is 0.462 e. The number of ether oxygens (including phenoxy) is 2. The lowest BCUT2D eigenvalue weighted by molar-refractivity contribution is -0.160. The molecule has 0 heterocycles. The Labute approximate surface area is 153 Å².